The maximum absolute atomic E-state index is 12.3. The lowest BCUT2D eigenvalue weighted by Crippen LogP contribution is -2.35. The number of hydrogen-bond acceptors (Lipinski definition) is 8. The van der Waals surface area contributed by atoms with Gasteiger partial charge in [0, 0.05) is 36.0 Å². The van der Waals surface area contributed by atoms with Crippen molar-refractivity contribution in [1.82, 2.24) is 15.1 Å². The smallest absolute Gasteiger partial charge is 0.234 e. The average molecular weight is 490 g/mol. The fourth-order valence-corrected chi connectivity index (χ4v) is 4.90. The first kappa shape index (κ1) is 23.0. The molecule has 4 rings (SSSR count). The normalized spacial score (nSPS) is 14.3. The van der Waals surface area contributed by atoms with Crippen molar-refractivity contribution in [3.05, 3.63) is 58.6 Å². The number of aromatic nitrogens is 2. The van der Waals surface area contributed by atoms with Crippen molar-refractivity contribution in [2.24, 2.45) is 0 Å². The van der Waals surface area contributed by atoms with Crippen LogP contribution in [-0.4, -0.2) is 53.1 Å². The molecule has 0 radical (unpaired) electrons. The SMILES string of the molecule is Cc1ccc(Nc2nnc(SCC(=O)Nc3ccc(CN4CCOCC4)cc3)s2)cc1Cl. The van der Waals surface area contributed by atoms with E-state index in [1.54, 1.807) is 0 Å². The molecule has 0 saturated carbocycles. The first-order valence-corrected chi connectivity index (χ1v) is 12.4. The van der Waals surface area contributed by atoms with Gasteiger partial charge in [-0.05, 0) is 42.3 Å². The molecule has 1 amide bonds. The predicted octanol–water partition coefficient (Wildman–Crippen LogP) is 4.81. The molecule has 0 atom stereocenters. The number of carbonyl (C=O) groups is 1. The number of thioether (sulfide) groups is 1. The molecular weight excluding hydrogens is 466 g/mol. The van der Waals surface area contributed by atoms with Gasteiger partial charge in [0.25, 0.3) is 0 Å². The van der Waals surface area contributed by atoms with Crippen LogP contribution < -0.4 is 10.6 Å². The number of nitrogens with one attached hydrogen (secondary N) is 2. The topological polar surface area (TPSA) is 79.4 Å². The second kappa shape index (κ2) is 11.1. The van der Waals surface area contributed by atoms with Gasteiger partial charge >= 0.3 is 0 Å². The number of amides is 1. The number of carbonyl (C=O) groups excluding carboxylic acids is 1. The molecule has 0 aliphatic carbocycles. The number of benzene rings is 2. The molecule has 3 aromatic rings. The van der Waals surface area contributed by atoms with Crippen LogP contribution in [0.15, 0.2) is 46.8 Å². The Bertz CT molecular complexity index is 1050. The van der Waals surface area contributed by atoms with Crippen LogP contribution in [0.5, 0.6) is 0 Å². The van der Waals surface area contributed by atoms with E-state index < -0.39 is 0 Å². The molecule has 10 heteroatoms. The van der Waals surface area contributed by atoms with E-state index in [2.05, 4.69) is 37.9 Å². The molecule has 32 heavy (non-hydrogen) atoms. The molecule has 1 aliphatic rings. The third-order valence-electron chi connectivity index (χ3n) is 4.90. The average Bonchev–Trinajstić information content (AvgIpc) is 3.24. The van der Waals surface area contributed by atoms with E-state index in [1.165, 1.54) is 28.7 Å². The molecule has 0 bridgehead atoms. The van der Waals surface area contributed by atoms with Crippen molar-refractivity contribution in [3.8, 4) is 0 Å². The molecule has 1 fully saturated rings. The summed E-state index contributed by atoms with van der Waals surface area (Å²) < 4.78 is 6.11. The molecule has 1 saturated heterocycles. The van der Waals surface area contributed by atoms with Crippen molar-refractivity contribution in [2.75, 3.05) is 42.7 Å². The maximum atomic E-state index is 12.3. The van der Waals surface area contributed by atoms with Crippen LogP contribution in [0.25, 0.3) is 0 Å². The monoisotopic (exact) mass is 489 g/mol. The fraction of sp³-hybridized carbons (Fsp3) is 0.318. The molecule has 2 heterocycles. The standard InChI is InChI=1S/C22H24ClN5O2S2/c1-15-2-5-18(12-19(15)23)25-21-26-27-22(32-21)31-14-20(29)24-17-6-3-16(4-7-17)13-28-8-10-30-11-9-28/h2-7,12H,8-11,13-14H2,1H3,(H,24,29)(H,25,26). The number of morpholine rings is 1. The van der Waals surface area contributed by atoms with Gasteiger partial charge in [-0.3, -0.25) is 9.69 Å². The number of rotatable bonds is 8. The number of ether oxygens (including phenoxy) is 1. The van der Waals surface area contributed by atoms with Gasteiger partial charge in [0.15, 0.2) is 4.34 Å². The summed E-state index contributed by atoms with van der Waals surface area (Å²) in [6, 6.07) is 13.7. The summed E-state index contributed by atoms with van der Waals surface area (Å²) in [5, 5.41) is 15.7. The van der Waals surface area contributed by atoms with Gasteiger partial charge in [-0.15, -0.1) is 10.2 Å². The highest BCUT2D eigenvalue weighted by molar-refractivity contribution is 8.01. The van der Waals surface area contributed by atoms with E-state index in [0.717, 1.165) is 54.1 Å². The highest BCUT2D eigenvalue weighted by atomic mass is 35.5. The van der Waals surface area contributed by atoms with Gasteiger partial charge in [-0.2, -0.15) is 0 Å². The van der Waals surface area contributed by atoms with Gasteiger partial charge in [0.1, 0.15) is 0 Å². The van der Waals surface area contributed by atoms with Gasteiger partial charge in [0.05, 0.1) is 19.0 Å². The second-order valence-corrected chi connectivity index (χ2v) is 9.99. The lowest BCUT2D eigenvalue weighted by atomic mass is 10.2. The predicted molar refractivity (Wildman–Crippen MR) is 131 cm³/mol. The van der Waals surface area contributed by atoms with Gasteiger partial charge < -0.3 is 15.4 Å². The summed E-state index contributed by atoms with van der Waals surface area (Å²) in [6.45, 7) is 6.34. The zero-order chi connectivity index (χ0) is 22.3. The summed E-state index contributed by atoms with van der Waals surface area (Å²) in [5.41, 5.74) is 3.88. The Morgan fingerprint density at radius 1 is 1.16 bits per heavy atom. The first-order chi connectivity index (χ1) is 15.5. The first-order valence-electron chi connectivity index (χ1n) is 10.2. The Morgan fingerprint density at radius 3 is 2.66 bits per heavy atom. The van der Waals surface area contributed by atoms with Crippen molar-refractivity contribution >= 4 is 57.1 Å². The highest BCUT2D eigenvalue weighted by Crippen LogP contribution is 2.29. The van der Waals surface area contributed by atoms with Crippen LogP contribution in [0.1, 0.15) is 11.1 Å². The minimum absolute atomic E-state index is 0.0778. The summed E-state index contributed by atoms with van der Waals surface area (Å²) in [5.74, 6) is 0.187. The van der Waals surface area contributed by atoms with Crippen LogP contribution in [-0.2, 0) is 16.1 Å². The number of anilines is 3. The number of hydrogen-bond donors (Lipinski definition) is 2. The van der Waals surface area contributed by atoms with Gasteiger partial charge in [-0.25, -0.2) is 0 Å². The summed E-state index contributed by atoms with van der Waals surface area (Å²) in [7, 11) is 0. The molecule has 7 nitrogen and oxygen atoms in total. The van der Waals surface area contributed by atoms with E-state index >= 15 is 0 Å². The third-order valence-corrected chi connectivity index (χ3v) is 7.28. The highest BCUT2D eigenvalue weighted by Gasteiger charge is 2.12. The van der Waals surface area contributed by atoms with E-state index in [1.807, 2.05) is 37.3 Å². The Hall–Kier alpha value is -2.17. The molecule has 0 unspecified atom stereocenters. The molecule has 2 aromatic carbocycles. The Balaban J connectivity index is 1.23. The van der Waals surface area contributed by atoms with Crippen LogP contribution in [0.2, 0.25) is 5.02 Å². The van der Waals surface area contributed by atoms with Crippen molar-refractivity contribution < 1.29 is 9.53 Å². The zero-order valence-corrected chi connectivity index (χ0v) is 20.0. The lowest BCUT2D eigenvalue weighted by Gasteiger charge is -2.26. The summed E-state index contributed by atoms with van der Waals surface area (Å²) >= 11 is 8.92. The van der Waals surface area contributed by atoms with Crippen molar-refractivity contribution in [2.45, 2.75) is 17.8 Å². The zero-order valence-electron chi connectivity index (χ0n) is 17.6. The van der Waals surface area contributed by atoms with Crippen LogP contribution in [0.3, 0.4) is 0 Å². The molecule has 1 aliphatic heterocycles. The second-order valence-electron chi connectivity index (χ2n) is 7.38. The van der Waals surface area contributed by atoms with E-state index in [0.29, 0.717) is 10.2 Å². The Labute approximate surface area is 200 Å². The fourth-order valence-electron chi connectivity index (χ4n) is 3.15. The van der Waals surface area contributed by atoms with Crippen LogP contribution >= 0.6 is 34.7 Å². The van der Waals surface area contributed by atoms with E-state index in [-0.39, 0.29) is 11.7 Å². The van der Waals surface area contributed by atoms with Crippen LogP contribution in [0, 0.1) is 6.92 Å². The maximum Gasteiger partial charge on any atom is 0.234 e. The van der Waals surface area contributed by atoms with Gasteiger partial charge in [-0.1, -0.05) is 52.9 Å². The molecule has 0 spiro atoms. The summed E-state index contributed by atoms with van der Waals surface area (Å²) in [6.07, 6.45) is 0. The summed E-state index contributed by atoms with van der Waals surface area (Å²) in [4.78, 5) is 14.7. The minimum Gasteiger partial charge on any atom is -0.379 e. The molecule has 2 N–H and O–H groups in total. The van der Waals surface area contributed by atoms with Crippen molar-refractivity contribution in [1.29, 1.82) is 0 Å². The number of nitrogens with zero attached hydrogens (tertiary/aromatic N) is 3. The van der Waals surface area contributed by atoms with E-state index in [4.69, 9.17) is 16.3 Å². The van der Waals surface area contributed by atoms with E-state index in [9.17, 15) is 4.79 Å². The molecule has 168 valence electrons. The number of halogens is 1. The molecular formula is C22H24ClN5O2S2. The number of aryl methyl sites for hydroxylation is 1. The lowest BCUT2D eigenvalue weighted by molar-refractivity contribution is -0.113. The third kappa shape index (κ3) is 6.66. The van der Waals surface area contributed by atoms with Gasteiger partial charge in [0.2, 0.25) is 11.0 Å². The van der Waals surface area contributed by atoms with Crippen LogP contribution in [0.4, 0.5) is 16.5 Å². The molecule has 1 aromatic heterocycles. The Kier molecular flexibility index (Phi) is 7.99. The Morgan fingerprint density at radius 2 is 1.91 bits per heavy atom. The largest absolute Gasteiger partial charge is 0.379 e. The minimum atomic E-state index is -0.0778. The van der Waals surface area contributed by atoms with Crippen molar-refractivity contribution in [3.63, 3.8) is 0 Å². The quantitative estimate of drug-likeness (QED) is 0.439.